The van der Waals surface area contributed by atoms with Gasteiger partial charge in [-0.1, -0.05) is 44.4 Å². The lowest BCUT2D eigenvalue weighted by molar-refractivity contribution is 0.155. The number of nitrogens with zero attached hydrogens (tertiary/aromatic N) is 5. The Hall–Kier alpha value is -3.72. The number of tetrazole rings is 1. The van der Waals surface area contributed by atoms with Gasteiger partial charge in [0.05, 0.1) is 17.6 Å². The van der Waals surface area contributed by atoms with Crippen molar-refractivity contribution in [1.29, 1.82) is 0 Å². The fourth-order valence-corrected chi connectivity index (χ4v) is 6.11. The number of rotatable bonds is 8. The Balaban J connectivity index is 1.40. The van der Waals surface area contributed by atoms with E-state index >= 15 is 0 Å². The minimum atomic E-state index is -0.0685. The molecule has 1 saturated carbocycles. The van der Waals surface area contributed by atoms with E-state index in [-0.39, 0.29) is 18.4 Å². The molecule has 1 atom stereocenters. The predicted molar refractivity (Wildman–Crippen MR) is 149 cm³/mol. The van der Waals surface area contributed by atoms with Gasteiger partial charge in [-0.15, -0.1) is 5.10 Å². The summed E-state index contributed by atoms with van der Waals surface area (Å²) in [6.07, 6.45) is 6.67. The van der Waals surface area contributed by atoms with Gasteiger partial charge in [-0.05, 0) is 78.4 Å². The molecule has 0 amide bonds. The molecule has 9 nitrogen and oxygen atoms in total. The van der Waals surface area contributed by atoms with Gasteiger partial charge < -0.3 is 14.5 Å². The van der Waals surface area contributed by atoms with Crippen molar-refractivity contribution in [3.63, 3.8) is 0 Å². The largest absolute Gasteiger partial charge is 0.454 e. The zero-order valence-corrected chi connectivity index (χ0v) is 22.9. The smallest absolute Gasteiger partial charge is 0.252 e. The first-order valence-corrected chi connectivity index (χ1v) is 14.0. The zero-order chi connectivity index (χ0) is 26.9. The predicted octanol–water partition coefficient (Wildman–Crippen LogP) is 5.52. The van der Waals surface area contributed by atoms with Gasteiger partial charge in [-0.25, -0.2) is 4.68 Å². The fourth-order valence-electron chi connectivity index (χ4n) is 6.11. The van der Waals surface area contributed by atoms with Crippen LogP contribution >= 0.6 is 0 Å². The van der Waals surface area contributed by atoms with E-state index in [1.54, 1.807) is 0 Å². The molecule has 2 aromatic heterocycles. The number of nitrogens with one attached hydrogen (secondary N) is 1. The van der Waals surface area contributed by atoms with Crippen molar-refractivity contribution in [2.24, 2.45) is 0 Å². The Bertz CT molecular complexity index is 1540. The van der Waals surface area contributed by atoms with Gasteiger partial charge in [-0.2, -0.15) is 0 Å². The molecule has 1 aliphatic carbocycles. The van der Waals surface area contributed by atoms with Crippen molar-refractivity contribution < 1.29 is 9.47 Å². The number of ether oxygens (including phenoxy) is 2. The van der Waals surface area contributed by atoms with E-state index in [1.807, 2.05) is 19.1 Å². The summed E-state index contributed by atoms with van der Waals surface area (Å²) in [7, 11) is 0. The van der Waals surface area contributed by atoms with E-state index in [0.717, 1.165) is 69.7 Å². The molecule has 1 fully saturated rings. The normalized spacial score (nSPS) is 16.3. The second-order valence-electron chi connectivity index (χ2n) is 10.9. The molecule has 1 unspecified atom stereocenters. The van der Waals surface area contributed by atoms with Crippen molar-refractivity contribution in [2.75, 3.05) is 6.79 Å². The maximum atomic E-state index is 13.4. The van der Waals surface area contributed by atoms with Crippen LogP contribution in [0.5, 0.6) is 11.5 Å². The van der Waals surface area contributed by atoms with Crippen LogP contribution in [0.15, 0.2) is 41.2 Å². The molecular formula is C30H36N6O3. The summed E-state index contributed by atoms with van der Waals surface area (Å²) < 4.78 is 13.2. The molecular weight excluding hydrogens is 492 g/mol. The average Bonchev–Trinajstić information content (AvgIpc) is 3.62. The maximum Gasteiger partial charge on any atom is 0.252 e. The highest BCUT2D eigenvalue weighted by Crippen LogP contribution is 2.36. The van der Waals surface area contributed by atoms with Crippen molar-refractivity contribution in [3.8, 4) is 11.5 Å². The minimum Gasteiger partial charge on any atom is -0.454 e. The maximum absolute atomic E-state index is 13.4. The van der Waals surface area contributed by atoms with Crippen LogP contribution in [0.2, 0.25) is 0 Å². The fraction of sp³-hybridized carbons (Fsp3) is 0.467. The lowest BCUT2D eigenvalue weighted by Crippen LogP contribution is -2.33. The van der Waals surface area contributed by atoms with Crippen LogP contribution in [0.1, 0.15) is 85.6 Å². The second kappa shape index (κ2) is 10.8. The Morgan fingerprint density at radius 1 is 1.03 bits per heavy atom. The highest BCUT2D eigenvalue weighted by atomic mass is 16.7. The van der Waals surface area contributed by atoms with E-state index in [4.69, 9.17) is 9.47 Å². The molecule has 6 rings (SSSR count). The first-order valence-electron chi connectivity index (χ1n) is 14.0. The highest BCUT2D eigenvalue weighted by Gasteiger charge is 2.29. The van der Waals surface area contributed by atoms with Crippen LogP contribution in [0.4, 0.5) is 0 Å². The Morgan fingerprint density at radius 3 is 2.64 bits per heavy atom. The topological polar surface area (TPSA) is 98.2 Å². The van der Waals surface area contributed by atoms with E-state index in [2.05, 4.69) is 68.2 Å². The van der Waals surface area contributed by atoms with Gasteiger partial charge in [0.15, 0.2) is 17.3 Å². The summed E-state index contributed by atoms with van der Waals surface area (Å²) >= 11 is 0. The van der Waals surface area contributed by atoms with Crippen molar-refractivity contribution in [2.45, 2.75) is 84.5 Å². The number of hydrogen-bond acceptors (Lipinski definition) is 7. The van der Waals surface area contributed by atoms with Crippen LogP contribution in [0, 0.1) is 13.8 Å². The van der Waals surface area contributed by atoms with Crippen LogP contribution in [-0.2, 0) is 13.1 Å². The molecule has 9 heteroatoms. The quantitative estimate of drug-likeness (QED) is 0.322. The van der Waals surface area contributed by atoms with Crippen LogP contribution < -0.4 is 15.0 Å². The van der Waals surface area contributed by atoms with Crippen molar-refractivity contribution >= 4 is 10.9 Å². The van der Waals surface area contributed by atoms with E-state index in [1.165, 1.54) is 19.3 Å². The number of fused-ring (bicyclic) bond motifs is 2. The number of aryl methyl sites for hydroxylation is 2. The zero-order valence-electron chi connectivity index (χ0n) is 22.9. The highest BCUT2D eigenvalue weighted by molar-refractivity contribution is 5.85. The lowest BCUT2D eigenvalue weighted by atomic mass is 9.95. The summed E-state index contributed by atoms with van der Waals surface area (Å²) in [5, 5.41) is 14.2. The van der Waals surface area contributed by atoms with Gasteiger partial charge in [0.2, 0.25) is 6.79 Å². The minimum absolute atomic E-state index is 0.0615. The third-order valence-corrected chi connectivity index (χ3v) is 8.28. The molecule has 39 heavy (non-hydrogen) atoms. The molecule has 0 radical (unpaired) electrons. The molecule has 2 aromatic carbocycles. The molecule has 1 N–H and O–H groups in total. The second-order valence-corrected chi connectivity index (χ2v) is 10.9. The SMILES string of the molecule is CCC(c1nnnn1C1CCCCC1)N(Cc1ccc2c(c1)OCO2)Cc1cc2c(C)ccc(C)c2[nH]c1=O. The van der Waals surface area contributed by atoms with Crippen LogP contribution in [0.25, 0.3) is 10.9 Å². The van der Waals surface area contributed by atoms with E-state index < -0.39 is 0 Å². The number of aromatic amines is 1. The monoisotopic (exact) mass is 528 g/mol. The van der Waals surface area contributed by atoms with E-state index in [9.17, 15) is 4.79 Å². The summed E-state index contributed by atoms with van der Waals surface area (Å²) in [6.45, 7) is 7.58. The molecule has 2 aliphatic rings. The Kier molecular flexibility index (Phi) is 7.08. The number of benzene rings is 2. The summed E-state index contributed by atoms with van der Waals surface area (Å²) in [6, 6.07) is 12.5. The summed E-state index contributed by atoms with van der Waals surface area (Å²) in [5.74, 6) is 2.38. The molecule has 3 heterocycles. The third kappa shape index (κ3) is 5.03. The molecule has 1 aliphatic heterocycles. The Morgan fingerprint density at radius 2 is 1.82 bits per heavy atom. The number of H-pyrrole nitrogens is 1. The van der Waals surface area contributed by atoms with E-state index in [0.29, 0.717) is 19.1 Å². The first-order chi connectivity index (χ1) is 19.0. The molecule has 204 valence electrons. The third-order valence-electron chi connectivity index (χ3n) is 8.28. The van der Waals surface area contributed by atoms with Gasteiger partial charge in [0.25, 0.3) is 5.56 Å². The molecule has 0 spiro atoms. The van der Waals surface area contributed by atoms with Gasteiger partial charge in [-0.3, -0.25) is 9.69 Å². The van der Waals surface area contributed by atoms with Crippen molar-refractivity contribution in [3.05, 3.63) is 74.8 Å². The van der Waals surface area contributed by atoms with Crippen LogP contribution in [-0.4, -0.2) is 36.9 Å². The number of hydrogen-bond donors (Lipinski definition) is 1. The summed E-state index contributed by atoms with van der Waals surface area (Å²) in [5.41, 5.74) is 4.86. The molecule has 0 saturated heterocycles. The molecule has 0 bridgehead atoms. The average molecular weight is 529 g/mol. The summed E-state index contributed by atoms with van der Waals surface area (Å²) in [4.78, 5) is 18.9. The van der Waals surface area contributed by atoms with Crippen molar-refractivity contribution in [1.82, 2.24) is 30.1 Å². The van der Waals surface area contributed by atoms with Crippen LogP contribution in [0.3, 0.4) is 0 Å². The Labute approximate surface area is 228 Å². The number of aromatic nitrogens is 5. The molecule has 4 aromatic rings. The van der Waals surface area contributed by atoms with Gasteiger partial charge >= 0.3 is 0 Å². The van der Waals surface area contributed by atoms with Gasteiger partial charge in [0.1, 0.15) is 0 Å². The lowest BCUT2D eigenvalue weighted by Gasteiger charge is -2.32. The first kappa shape index (κ1) is 25.6. The van der Waals surface area contributed by atoms with Gasteiger partial charge in [0, 0.05) is 24.0 Å². The standard InChI is InChI=1S/C30H36N6O3/c1-4-25(29-32-33-34-36(29)23-8-6-5-7-9-23)35(16-21-12-13-26-27(14-21)39-18-38-26)17-22-15-24-19(2)10-11-20(3)28(24)31-30(22)37/h10-15,23,25H,4-9,16-18H2,1-3H3,(H,31,37). The number of pyridine rings is 1.